The molecule has 3 rings (SSSR count). The highest BCUT2D eigenvalue weighted by atomic mass is 16.5. The topological polar surface area (TPSA) is 93.2 Å². The highest BCUT2D eigenvalue weighted by Gasteiger charge is 2.13. The normalized spacial score (nSPS) is 11.6. The second-order valence-corrected chi connectivity index (χ2v) is 5.99. The Bertz CT molecular complexity index is 862. The average Bonchev–Trinajstić information content (AvgIpc) is 3.38. The van der Waals surface area contributed by atoms with Crippen molar-refractivity contribution in [3.05, 3.63) is 59.4 Å². The molecule has 8 nitrogen and oxygen atoms in total. The number of hydrogen-bond donors (Lipinski definition) is 2. The van der Waals surface area contributed by atoms with E-state index in [1.807, 2.05) is 24.4 Å². The van der Waals surface area contributed by atoms with Crippen molar-refractivity contribution >= 4 is 5.96 Å². The number of nitrogens with one attached hydrogen (secondary N) is 2. The molecule has 3 aromatic rings. The van der Waals surface area contributed by atoms with Crippen LogP contribution in [0.1, 0.15) is 36.4 Å². The van der Waals surface area contributed by atoms with Crippen molar-refractivity contribution in [1.29, 1.82) is 0 Å². The molecule has 3 aromatic heterocycles. The Labute approximate surface area is 158 Å². The smallest absolute Gasteiger partial charge is 0.191 e. The Morgan fingerprint density at radius 2 is 2.04 bits per heavy atom. The zero-order valence-electron chi connectivity index (χ0n) is 15.9. The minimum atomic E-state index is 0.626. The predicted molar refractivity (Wildman–Crippen MR) is 104 cm³/mol. The van der Waals surface area contributed by atoms with Gasteiger partial charge in [-0.05, 0) is 30.2 Å². The molecule has 0 radical (unpaired) electrons. The van der Waals surface area contributed by atoms with Gasteiger partial charge in [-0.15, -0.1) is 0 Å². The van der Waals surface area contributed by atoms with Crippen LogP contribution in [0.3, 0.4) is 0 Å². The van der Waals surface area contributed by atoms with E-state index in [1.54, 1.807) is 24.1 Å². The molecule has 3 heterocycles. The van der Waals surface area contributed by atoms with Crippen molar-refractivity contribution in [1.82, 2.24) is 30.6 Å². The first-order valence-electron chi connectivity index (χ1n) is 9.10. The van der Waals surface area contributed by atoms with Crippen LogP contribution in [0.25, 0.3) is 5.82 Å². The molecule has 0 saturated carbocycles. The van der Waals surface area contributed by atoms with E-state index < -0.39 is 0 Å². The summed E-state index contributed by atoms with van der Waals surface area (Å²) >= 11 is 0. The quantitative estimate of drug-likeness (QED) is 0.491. The van der Waals surface area contributed by atoms with Gasteiger partial charge in [0.15, 0.2) is 11.8 Å². The van der Waals surface area contributed by atoms with Crippen LogP contribution < -0.4 is 10.6 Å². The molecular formula is C19H25N7O. The Kier molecular flexibility index (Phi) is 6.19. The first-order chi connectivity index (χ1) is 13.2. The van der Waals surface area contributed by atoms with Crippen LogP contribution >= 0.6 is 0 Å². The SMILES string of the molecule is CCc1noc(CC)c1CNC(=NC)NCc1ccnc(-n2cccn2)c1. The first kappa shape index (κ1) is 18.6. The fraction of sp³-hybridized carbons (Fsp3) is 0.368. The largest absolute Gasteiger partial charge is 0.361 e. The first-order valence-corrected chi connectivity index (χ1v) is 9.10. The molecule has 0 unspecified atom stereocenters. The van der Waals surface area contributed by atoms with E-state index in [9.17, 15) is 0 Å². The minimum absolute atomic E-state index is 0.626. The van der Waals surface area contributed by atoms with Crippen molar-refractivity contribution in [3.63, 3.8) is 0 Å². The number of rotatable bonds is 7. The number of pyridine rings is 1. The van der Waals surface area contributed by atoms with Gasteiger partial charge in [-0.3, -0.25) is 4.99 Å². The van der Waals surface area contributed by atoms with Gasteiger partial charge in [-0.2, -0.15) is 5.10 Å². The maximum Gasteiger partial charge on any atom is 0.191 e. The van der Waals surface area contributed by atoms with Gasteiger partial charge in [-0.1, -0.05) is 19.0 Å². The molecule has 0 aliphatic rings. The van der Waals surface area contributed by atoms with Crippen molar-refractivity contribution in [2.75, 3.05) is 7.05 Å². The lowest BCUT2D eigenvalue weighted by molar-refractivity contribution is 0.380. The van der Waals surface area contributed by atoms with Gasteiger partial charge in [0.1, 0.15) is 5.76 Å². The molecule has 0 spiro atoms. The summed E-state index contributed by atoms with van der Waals surface area (Å²) in [4.78, 5) is 8.64. The summed E-state index contributed by atoms with van der Waals surface area (Å²) < 4.78 is 7.15. The van der Waals surface area contributed by atoms with E-state index >= 15 is 0 Å². The molecule has 27 heavy (non-hydrogen) atoms. The van der Waals surface area contributed by atoms with E-state index in [1.165, 1.54) is 0 Å². The van der Waals surface area contributed by atoms with Gasteiger partial charge in [-0.25, -0.2) is 9.67 Å². The summed E-state index contributed by atoms with van der Waals surface area (Å²) in [6.07, 6.45) is 7.05. The summed E-state index contributed by atoms with van der Waals surface area (Å²) in [5.41, 5.74) is 3.20. The van der Waals surface area contributed by atoms with Crippen molar-refractivity contribution < 1.29 is 4.52 Å². The van der Waals surface area contributed by atoms with E-state index in [0.29, 0.717) is 13.1 Å². The van der Waals surface area contributed by atoms with Crippen LogP contribution in [0.5, 0.6) is 0 Å². The number of nitrogens with zero attached hydrogens (tertiary/aromatic N) is 5. The average molecular weight is 367 g/mol. The van der Waals surface area contributed by atoms with E-state index in [4.69, 9.17) is 4.52 Å². The lowest BCUT2D eigenvalue weighted by atomic mass is 10.1. The lowest BCUT2D eigenvalue weighted by Gasteiger charge is -2.12. The molecule has 2 N–H and O–H groups in total. The molecule has 0 bridgehead atoms. The molecule has 0 aliphatic heterocycles. The van der Waals surface area contributed by atoms with Crippen molar-refractivity contribution in [2.45, 2.75) is 39.8 Å². The molecule has 0 aromatic carbocycles. The van der Waals surface area contributed by atoms with Gasteiger partial charge >= 0.3 is 0 Å². The highest BCUT2D eigenvalue weighted by molar-refractivity contribution is 5.79. The third-order valence-corrected chi connectivity index (χ3v) is 4.27. The zero-order chi connectivity index (χ0) is 19.1. The van der Waals surface area contributed by atoms with E-state index in [-0.39, 0.29) is 0 Å². The molecule has 0 aliphatic carbocycles. The number of aliphatic imine (C=N–C) groups is 1. The Morgan fingerprint density at radius 3 is 2.74 bits per heavy atom. The van der Waals surface area contributed by atoms with Crippen molar-refractivity contribution in [2.24, 2.45) is 4.99 Å². The standard InChI is InChI=1S/C19H25N7O/c1-4-16-15(17(5-2)27-25-16)13-23-19(20-3)22-12-14-7-9-21-18(11-14)26-10-6-8-24-26/h6-11H,4-5,12-13H2,1-3H3,(H2,20,22,23). The van der Waals surface area contributed by atoms with Gasteiger partial charge in [0.25, 0.3) is 0 Å². The van der Waals surface area contributed by atoms with Crippen molar-refractivity contribution in [3.8, 4) is 5.82 Å². The Hall–Kier alpha value is -3.16. The van der Waals surface area contributed by atoms with Gasteiger partial charge in [0.05, 0.1) is 5.69 Å². The maximum absolute atomic E-state index is 5.41. The molecule has 0 fully saturated rings. The van der Waals surface area contributed by atoms with E-state index in [0.717, 1.165) is 47.2 Å². The number of aromatic nitrogens is 4. The van der Waals surface area contributed by atoms with Crippen LogP contribution in [0.15, 0.2) is 46.3 Å². The monoisotopic (exact) mass is 367 g/mol. The maximum atomic E-state index is 5.41. The third kappa shape index (κ3) is 4.52. The van der Waals surface area contributed by atoms with Gasteiger partial charge in [0, 0.05) is 50.7 Å². The second-order valence-electron chi connectivity index (χ2n) is 5.99. The van der Waals surface area contributed by atoms with Crippen LogP contribution in [-0.2, 0) is 25.9 Å². The Balaban J connectivity index is 1.60. The zero-order valence-corrected chi connectivity index (χ0v) is 15.9. The Morgan fingerprint density at radius 1 is 1.19 bits per heavy atom. The number of aryl methyl sites for hydroxylation is 2. The van der Waals surface area contributed by atoms with Crippen LogP contribution in [0, 0.1) is 0 Å². The second kappa shape index (κ2) is 8.98. The summed E-state index contributed by atoms with van der Waals surface area (Å²) in [5.74, 6) is 2.43. The molecule has 8 heteroatoms. The molecule has 0 atom stereocenters. The molecule has 0 amide bonds. The third-order valence-electron chi connectivity index (χ3n) is 4.27. The number of hydrogen-bond acceptors (Lipinski definition) is 5. The lowest BCUT2D eigenvalue weighted by Crippen LogP contribution is -2.36. The molecular weight excluding hydrogens is 342 g/mol. The van der Waals surface area contributed by atoms with Crippen LogP contribution in [0.2, 0.25) is 0 Å². The number of guanidine groups is 1. The summed E-state index contributed by atoms with van der Waals surface area (Å²) in [6, 6.07) is 5.84. The predicted octanol–water partition coefficient (Wildman–Crippen LogP) is 2.25. The van der Waals surface area contributed by atoms with Gasteiger partial charge < -0.3 is 15.2 Å². The molecule has 142 valence electrons. The van der Waals surface area contributed by atoms with Crippen LogP contribution in [-0.4, -0.2) is 32.9 Å². The van der Waals surface area contributed by atoms with Gasteiger partial charge in [0.2, 0.25) is 0 Å². The van der Waals surface area contributed by atoms with E-state index in [2.05, 4.69) is 44.7 Å². The minimum Gasteiger partial charge on any atom is -0.361 e. The fourth-order valence-corrected chi connectivity index (χ4v) is 2.82. The summed E-state index contributed by atoms with van der Waals surface area (Å²) in [7, 11) is 1.76. The summed E-state index contributed by atoms with van der Waals surface area (Å²) in [5, 5.41) is 15.0. The highest BCUT2D eigenvalue weighted by Crippen LogP contribution is 2.15. The van der Waals surface area contributed by atoms with Crippen LogP contribution in [0.4, 0.5) is 0 Å². The molecule has 0 saturated heterocycles. The fourth-order valence-electron chi connectivity index (χ4n) is 2.82. The summed E-state index contributed by atoms with van der Waals surface area (Å²) in [6.45, 7) is 5.40.